The maximum Gasteiger partial charge on any atom is 0.312 e. The number of hydrogen-bond donors (Lipinski definition) is 1. The number of rotatable bonds is 4. The molecule has 1 unspecified atom stereocenters. The number of nitro benzene ring substituents is 1. The highest BCUT2D eigenvalue weighted by Crippen LogP contribution is 2.35. The molecule has 2 rings (SSSR count). The maximum atomic E-state index is 11.2. The van der Waals surface area contributed by atoms with E-state index in [1.807, 2.05) is 32.0 Å². The normalized spacial score (nSPS) is 12.0. The molecule has 5 heteroatoms. The molecule has 0 radical (unpaired) electrons. The van der Waals surface area contributed by atoms with E-state index in [1.165, 1.54) is 6.07 Å². The molecule has 0 bridgehead atoms. The van der Waals surface area contributed by atoms with Crippen LogP contribution in [0.3, 0.4) is 0 Å². The average Bonchev–Trinajstić information content (AvgIpc) is 2.41. The van der Waals surface area contributed by atoms with Crippen molar-refractivity contribution in [3.05, 3.63) is 63.2 Å². The van der Waals surface area contributed by atoms with Gasteiger partial charge < -0.3 is 10.5 Å². The number of benzene rings is 2. The van der Waals surface area contributed by atoms with E-state index in [4.69, 9.17) is 10.5 Å². The molecule has 110 valence electrons. The lowest BCUT2D eigenvalue weighted by molar-refractivity contribution is -0.385. The molecule has 5 nitrogen and oxygen atoms in total. The van der Waals surface area contributed by atoms with Gasteiger partial charge in [0.05, 0.1) is 4.92 Å². The Labute approximate surface area is 123 Å². The Morgan fingerprint density at radius 2 is 1.81 bits per heavy atom. The number of nitrogens with zero attached hydrogens (tertiary/aromatic N) is 1. The lowest BCUT2D eigenvalue weighted by Gasteiger charge is -2.11. The summed E-state index contributed by atoms with van der Waals surface area (Å²) in [7, 11) is 0. The van der Waals surface area contributed by atoms with Gasteiger partial charge in [-0.15, -0.1) is 0 Å². The number of nitro groups is 1. The van der Waals surface area contributed by atoms with Gasteiger partial charge in [0.25, 0.3) is 0 Å². The van der Waals surface area contributed by atoms with Gasteiger partial charge in [0, 0.05) is 12.1 Å². The smallest absolute Gasteiger partial charge is 0.312 e. The third-order valence-corrected chi connectivity index (χ3v) is 3.22. The first kappa shape index (κ1) is 15.0. The number of nitrogens with two attached hydrogens (primary N) is 1. The van der Waals surface area contributed by atoms with Crippen LogP contribution in [0.4, 0.5) is 5.69 Å². The summed E-state index contributed by atoms with van der Waals surface area (Å²) in [5.74, 6) is 0.827. The molecule has 2 aromatic rings. The van der Waals surface area contributed by atoms with E-state index in [-0.39, 0.29) is 17.5 Å². The molecule has 2 N–H and O–H groups in total. The van der Waals surface area contributed by atoms with E-state index in [0.29, 0.717) is 5.75 Å². The summed E-state index contributed by atoms with van der Waals surface area (Å²) < 4.78 is 5.71. The first-order valence-corrected chi connectivity index (χ1v) is 6.67. The van der Waals surface area contributed by atoms with Gasteiger partial charge >= 0.3 is 5.69 Å². The molecule has 1 atom stereocenters. The van der Waals surface area contributed by atoms with Gasteiger partial charge in [0.15, 0.2) is 0 Å². The second-order valence-corrected chi connectivity index (χ2v) is 5.15. The maximum absolute atomic E-state index is 11.2. The highest BCUT2D eigenvalue weighted by Gasteiger charge is 2.19. The number of aryl methyl sites for hydroxylation is 2. The standard InChI is InChI=1S/C16H18N2O3/c1-10-8-11(2)16(15(9-10)18(19)20)21-14-6-4-13(5-7-14)12(3)17/h4-9,12H,17H2,1-3H3. The Hall–Kier alpha value is -2.40. The van der Waals surface area contributed by atoms with Crippen molar-refractivity contribution < 1.29 is 9.66 Å². The van der Waals surface area contributed by atoms with Gasteiger partial charge in [-0.05, 0) is 49.6 Å². The lowest BCUT2D eigenvalue weighted by Crippen LogP contribution is -2.04. The zero-order valence-corrected chi connectivity index (χ0v) is 12.3. The topological polar surface area (TPSA) is 78.4 Å². The summed E-state index contributed by atoms with van der Waals surface area (Å²) in [5, 5.41) is 11.2. The van der Waals surface area contributed by atoms with Gasteiger partial charge in [0.2, 0.25) is 5.75 Å². The summed E-state index contributed by atoms with van der Waals surface area (Å²) >= 11 is 0. The van der Waals surface area contributed by atoms with Crippen molar-refractivity contribution in [1.82, 2.24) is 0 Å². The van der Waals surface area contributed by atoms with Gasteiger partial charge in [-0.3, -0.25) is 10.1 Å². The summed E-state index contributed by atoms with van der Waals surface area (Å²) in [6, 6.07) is 10.6. The Bertz CT molecular complexity index is 664. The monoisotopic (exact) mass is 286 g/mol. The molecule has 2 aromatic carbocycles. The van der Waals surface area contributed by atoms with Gasteiger partial charge in [-0.2, -0.15) is 0 Å². The van der Waals surface area contributed by atoms with Crippen LogP contribution in [0.5, 0.6) is 11.5 Å². The van der Waals surface area contributed by atoms with Crippen molar-refractivity contribution in [1.29, 1.82) is 0 Å². The average molecular weight is 286 g/mol. The fourth-order valence-corrected chi connectivity index (χ4v) is 2.16. The van der Waals surface area contributed by atoms with Crippen molar-refractivity contribution in [3.8, 4) is 11.5 Å². The molecule has 0 aliphatic carbocycles. The van der Waals surface area contributed by atoms with Crippen LogP contribution < -0.4 is 10.5 Å². The van der Waals surface area contributed by atoms with Crippen LogP contribution in [0.2, 0.25) is 0 Å². The third kappa shape index (κ3) is 3.38. The zero-order chi connectivity index (χ0) is 15.6. The first-order chi connectivity index (χ1) is 9.88. The molecule has 0 heterocycles. The van der Waals surface area contributed by atoms with Crippen LogP contribution in [0, 0.1) is 24.0 Å². The molecule has 21 heavy (non-hydrogen) atoms. The molecular weight excluding hydrogens is 268 g/mol. The Kier molecular flexibility index (Phi) is 4.23. The number of ether oxygens (including phenoxy) is 1. The molecule has 0 aliphatic heterocycles. The zero-order valence-electron chi connectivity index (χ0n) is 12.3. The van der Waals surface area contributed by atoms with E-state index >= 15 is 0 Å². The molecule has 0 spiro atoms. The summed E-state index contributed by atoms with van der Waals surface area (Å²) in [6.45, 7) is 5.51. The molecule has 0 amide bonds. The van der Waals surface area contributed by atoms with E-state index < -0.39 is 4.92 Å². The second-order valence-electron chi connectivity index (χ2n) is 5.15. The van der Waals surface area contributed by atoms with Crippen molar-refractivity contribution >= 4 is 5.69 Å². The van der Waals surface area contributed by atoms with E-state index in [2.05, 4.69) is 0 Å². The molecule has 0 aliphatic rings. The van der Waals surface area contributed by atoms with Crippen molar-refractivity contribution in [2.24, 2.45) is 5.73 Å². The van der Waals surface area contributed by atoms with Crippen molar-refractivity contribution in [2.45, 2.75) is 26.8 Å². The first-order valence-electron chi connectivity index (χ1n) is 6.67. The minimum absolute atomic E-state index is 0.0243. The van der Waals surface area contributed by atoms with Crippen LogP contribution in [0.15, 0.2) is 36.4 Å². The predicted octanol–water partition coefficient (Wildman–Crippen LogP) is 4.02. The largest absolute Gasteiger partial charge is 0.450 e. The van der Waals surface area contributed by atoms with E-state index in [9.17, 15) is 10.1 Å². The fourth-order valence-electron chi connectivity index (χ4n) is 2.16. The van der Waals surface area contributed by atoms with Crippen LogP contribution in [0.1, 0.15) is 29.7 Å². The Balaban J connectivity index is 2.37. The van der Waals surface area contributed by atoms with Crippen molar-refractivity contribution in [3.63, 3.8) is 0 Å². The van der Waals surface area contributed by atoms with Crippen molar-refractivity contribution in [2.75, 3.05) is 0 Å². The Morgan fingerprint density at radius 3 is 2.33 bits per heavy atom. The molecule has 0 saturated heterocycles. The van der Waals surface area contributed by atoms with Gasteiger partial charge in [0.1, 0.15) is 5.75 Å². The van der Waals surface area contributed by atoms with Crippen LogP contribution in [-0.2, 0) is 0 Å². The highest BCUT2D eigenvalue weighted by atomic mass is 16.6. The summed E-state index contributed by atoms with van der Waals surface area (Å²) in [6.07, 6.45) is 0. The minimum atomic E-state index is -0.425. The fraction of sp³-hybridized carbons (Fsp3) is 0.250. The molecule has 0 fully saturated rings. The molecule has 0 aromatic heterocycles. The van der Waals surface area contributed by atoms with Gasteiger partial charge in [-0.1, -0.05) is 18.2 Å². The van der Waals surface area contributed by atoms with E-state index in [0.717, 1.165) is 16.7 Å². The van der Waals surface area contributed by atoms with Crippen LogP contribution in [-0.4, -0.2) is 4.92 Å². The number of hydrogen-bond acceptors (Lipinski definition) is 4. The summed E-state index contributed by atoms with van der Waals surface area (Å²) in [4.78, 5) is 10.7. The lowest BCUT2D eigenvalue weighted by atomic mass is 10.1. The van der Waals surface area contributed by atoms with E-state index in [1.54, 1.807) is 19.1 Å². The molecular formula is C16H18N2O3. The highest BCUT2D eigenvalue weighted by molar-refractivity contribution is 5.55. The van der Waals surface area contributed by atoms with Gasteiger partial charge in [-0.25, -0.2) is 0 Å². The van der Waals surface area contributed by atoms with Crippen LogP contribution in [0.25, 0.3) is 0 Å². The summed E-state index contributed by atoms with van der Waals surface area (Å²) in [5.41, 5.74) is 8.32. The third-order valence-electron chi connectivity index (χ3n) is 3.22. The quantitative estimate of drug-likeness (QED) is 0.680. The Morgan fingerprint density at radius 1 is 1.19 bits per heavy atom. The molecule has 0 saturated carbocycles. The van der Waals surface area contributed by atoms with Crippen LogP contribution >= 0.6 is 0 Å². The predicted molar refractivity (Wildman–Crippen MR) is 81.7 cm³/mol. The minimum Gasteiger partial charge on any atom is -0.450 e. The SMILES string of the molecule is Cc1cc(C)c(Oc2ccc(C(C)N)cc2)c([N+](=O)[O-])c1. The second kappa shape index (κ2) is 5.93.